The fraction of sp³-hybridized carbons (Fsp3) is 0.647. The lowest BCUT2D eigenvalue weighted by Gasteiger charge is -2.26. The van der Waals surface area contributed by atoms with Gasteiger partial charge in [-0.05, 0) is 42.9 Å². The summed E-state index contributed by atoms with van der Waals surface area (Å²) in [7, 11) is 0. The van der Waals surface area contributed by atoms with Gasteiger partial charge in [-0.2, -0.15) is 0 Å². The van der Waals surface area contributed by atoms with Crippen LogP contribution in [0.15, 0.2) is 24.3 Å². The molecule has 1 aliphatic heterocycles. The first kappa shape index (κ1) is 14.5. The van der Waals surface area contributed by atoms with E-state index in [0.717, 1.165) is 26.3 Å². The molecular formula is C17H27NO. The summed E-state index contributed by atoms with van der Waals surface area (Å²) < 4.78 is 5.37. The van der Waals surface area contributed by atoms with Crippen LogP contribution in [0, 0.1) is 0 Å². The number of hydrogen-bond donors (Lipinski definition) is 0. The Balaban J connectivity index is 1.68. The van der Waals surface area contributed by atoms with Crippen LogP contribution < -0.4 is 0 Å². The van der Waals surface area contributed by atoms with Crippen molar-refractivity contribution in [2.75, 3.05) is 32.8 Å². The van der Waals surface area contributed by atoms with E-state index in [4.69, 9.17) is 4.74 Å². The summed E-state index contributed by atoms with van der Waals surface area (Å²) in [4.78, 5) is 2.52. The number of unbranched alkanes of at least 4 members (excludes halogenated alkanes) is 1. The number of aryl methyl sites for hydroxylation is 1. The highest BCUT2D eigenvalue weighted by molar-refractivity contribution is 5.25. The molecule has 19 heavy (non-hydrogen) atoms. The second kappa shape index (κ2) is 7.66. The Kier molecular flexibility index (Phi) is 5.87. The lowest BCUT2D eigenvalue weighted by Crippen LogP contribution is -2.36. The number of nitrogens with zero attached hydrogens (tertiary/aromatic N) is 1. The minimum absolute atomic E-state index is 0.633. The van der Waals surface area contributed by atoms with Crippen LogP contribution in [-0.2, 0) is 11.2 Å². The number of morpholine rings is 1. The molecule has 0 aliphatic carbocycles. The minimum atomic E-state index is 0.633. The molecule has 1 aliphatic rings. The first-order valence-electron chi connectivity index (χ1n) is 7.64. The number of hydrogen-bond acceptors (Lipinski definition) is 2. The highest BCUT2D eigenvalue weighted by atomic mass is 16.5. The van der Waals surface area contributed by atoms with E-state index in [-0.39, 0.29) is 0 Å². The molecule has 0 amide bonds. The Morgan fingerprint density at radius 2 is 1.95 bits per heavy atom. The molecular weight excluding hydrogens is 234 g/mol. The molecule has 0 N–H and O–H groups in total. The Morgan fingerprint density at radius 1 is 1.16 bits per heavy atom. The molecule has 0 saturated carbocycles. The third-order valence-corrected chi connectivity index (χ3v) is 3.91. The third kappa shape index (κ3) is 4.96. The van der Waals surface area contributed by atoms with Crippen molar-refractivity contribution in [2.45, 2.75) is 39.0 Å². The first-order valence-corrected chi connectivity index (χ1v) is 7.64. The molecule has 1 heterocycles. The van der Waals surface area contributed by atoms with Crippen molar-refractivity contribution in [1.82, 2.24) is 4.90 Å². The van der Waals surface area contributed by atoms with Gasteiger partial charge in [-0.3, -0.25) is 4.90 Å². The summed E-state index contributed by atoms with van der Waals surface area (Å²) >= 11 is 0. The van der Waals surface area contributed by atoms with Crippen molar-refractivity contribution in [3.8, 4) is 0 Å². The molecule has 0 radical (unpaired) electrons. The Hall–Kier alpha value is -0.860. The second-order valence-electron chi connectivity index (χ2n) is 5.81. The van der Waals surface area contributed by atoms with Gasteiger partial charge in [0, 0.05) is 13.1 Å². The van der Waals surface area contributed by atoms with E-state index in [0.29, 0.717) is 5.92 Å². The van der Waals surface area contributed by atoms with Crippen molar-refractivity contribution in [3.05, 3.63) is 35.4 Å². The molecule has 1 saturated heterocycles. The van der Waals surface area contributed by atoms with Crippen LogP contribution in [-0.4, -0.2) is 37.7 Å². The molecule has 0 aromatic heterocycles. The van der Waals surface area contributed by atoms with Gasteiger partial charge in [-0.25, -0.2) is 0 Å². The highest BCUT2D eigenvalue weighted by Crippen LogP contribution is 2.16. The van der Waals surface area contributed by atoms with Gasteiger partial charge < -0.3 is 4.74 Å². The number of ether oxygens (including phenoxy) is 1. The predicted molar refractivity (Wildman–Crippen MR) is 80.7 cm³/mol. The van der Waals surface area contributed by atoms with Gasteiger partial charge in [0.15, 0.2) is 0 Å². The molecule has 2 rings (SSSR count). The molecule has 0 atom stereocenters. The monoisotopic (exact) mass is 261 g/mol. The van der Waals surface area contributed by atoms with E-state index < -0.39 is 0 Å². The molecule has 1 aromatic rings. The van der Waals surface area contributed by atoms with Gasteiger partial charge in [0.05, 0.1) is 13.2 Å². The summed E-state index contributed by atoms with van der Waals surface area (Å²) in [5.41, 5.74) is 2.96. The van der Waals surface area contributed by atoms with Crippen LogP contribution >= 0.6 is 0 Å². The summed E-state index contributed by atoms with van der Waals surface area (Å²) in [6.07, 6.45) is 3.80. The van der Waals surface area contributed by atoms with Crippen LogP contribution in [0.5, 0.6) is 0 Å². The Morgan fingerprint density at radius 3 is 2.68 bits per heavy atom. The van der Waals surface area contributed by atoms with Gasteiger partial charge in [0.1, 0.15) is 0 Å². The van der Waals surface area contributed by atoms with Gasteiger partial charge >= 0.3 is 0 Å². The zero-order chi connectivity index (χ0) is 13.5. The van der Waals surface area contributed by atoms with Crippen LogP contribution in [0.2, 0.25) is 0 Å². The second-order valence-corrected chi connectivity index (χ2v) is 5.81. The average Bonchev–Trinajstić information content (AvgIpc) is 2.45. The maximum Gasteiger partial charge on any atom is 0.0594 e. The topological polar surface area (TPSA) is 12.5 Å². The molecule has 106 valence electrons. The quantitative estimate of drug-likeness (QED) is 0.727. The molecule has 0 spiro atoms. The number of rotatable bonds is 6. The SMILES string of the molecule is CC(C)c1cccc(CCCCN2CCOCC2)c1. The summed E-state index contributed by atoms with van der Waals surface area (Å²) in [6.45, 7) is 9.81. The van der Waals surface area contributed by atoms with Gasteiger partial charge in [-0.15, -0.1) is 0 Å². The standard InChI is InChI=1S/C17H27NO/c1-15(2)17-8-5-7-16(14-17)6-3-4-9-18-10-12-19-13-11-18/h5,7-8,14-15H,3-4,6,9-13H2,1-2H3. The Bertz CT molecular complexity index is 369. The Labute approximate surface area is 117 Å². The normalized spacial score (nSPS) is 17.0. The fourth-order valence-electron chi connectivity index (χ4n) is 2.60. The van der Waals surface area contributed by atoms with E-state index >= 15 is 0 Å². The van der Waals surface area contributed by atoms with Crippen molar-refractivity contribution in [1.29, 1.82) is 0 Å². The van der Waals surface area contributed by atoms with E-state index in [1.165, 1.54) is 36.9 Å². The third-order valence-electron chi connectivity index (χ3n) is 3.91. The average molecular weight is 261 g/mol. The molecule has 2 nitrogen and oxygen atoms in total. The van der Waals surface area contributed by atoms with Crippen LogP contribution in [0.4, 0.5) is 0 Å². The van der Waals surface area contributed by atoms with Gasteiger partial charge in [-0.1, -0.05) is 38.1 Å². The lowest BCUT2D eigenvalue weighted by atomic mass is 9.98. The predicted octanol–water partition coefficient (Wildman–Crippen LogP) is 3.46. The van der Waals surface area contributed by atoms with Gasteiger partial charge in [0.2, 0.25) is 0 Å². The zero-order valence-electron chi connectivity index (χ0n) is 12.4. The molecule has 2 heteroatoms. The molecule has 0 unspecified atom stereocenters. The fourth-order valence-corrected chi connectivity index (χ4v) is 2.60. The number of benzene rings is 1. The molecule has 0 bridgehead atoms. The van der Waals surface area contributed by atoms with E-state index in [9.17, 15) is 0 Å². The highest BCUT2D eigenvalue weighted by Gasteiger charge is 2.09. The lowest BCUT2D eigenvalue weighted by molar-refractivity contribution is 0.0372. The van der Waals surface area contributed by atoms with Crippen molar-refractivity contribution in [3.63, 3.8) is 0 Å². The smallest absolute Gasteiger partial charge is 0.0594 e. The minimum Gasteiger partial charge on any atom is -0.379 e. The van der Waals surface area contributed by atoms with Crippen LogP contribution in [0.3, 0.4) is 0 Å². The van der Waals surface area contributed by atoms with Crippen molar-refractivity contribution in [2.24, 2.45) is 0 Å². The van der Waals surface area contributed by atoms with E-state index in [2.05, 4.69) is 43.0 Å². The zero-order valence-corrected chi connectivity index (χ0v) is 12.4. The maximum atomic E-state index is 5.37. The van der Waals surface area contributed by atoms with Crippen molar-refractivity contribution < 1.29 is 4.74 Å². The van der Waals surface area contributed by atoms with Crippen LogP contribution in [0.25, 0.3) is 0 Å². The molecule has 1 fully saturated rings. The van der Waals surface area contributed by atoms with Gasteiger partial charge in [0.25, 0.3) is 0 Å². The van der Waals surface area contributed by atoms with Crippen LogP contribution in [0.1, 0.15) is 43.7 Å². The summed E-state index contributed by atoms with van der Waals surface area (Å²) in [5, 5.41) is 0. The maximum absolute atomic E-state index is 5.37. The van der Waals surface area contributed by atoms with E-state index in [1.807, 2.05) is 0 Å². The first-order chi connectivity index (χ1) is 9.25. The van der Waals surface area contributed by atoms with E-state index in [1.54, 1.807) is 0 Å². The van der Waals surface area contributed by atoms with Crippen molar-refractivity contribution >= 4 is 0 Å². The molecule has 1 aromatic carbocycles. The summed E-state index contributed by atoms with van der Waals surface area (Å²) in [5.74, 6) is 0.633. The summed E-state index contributed by atoms with van der Waals surface area (Å²) in [6, 6.07) is 9.08. The largest absolute Gasteiger partial charge is 0.379 e.